The second kappa shape index (κ2) is 5.48. The van der Waals surface area contributed by atoms with Crippen LogP contribution in [0.1, 0.15) is 18.5 Å². The molecule has 0 saturated heterocycles. The van der Waals surface area contributed by atoms with Crippen molar-refractivity contribution in [2.75, 3.05) is 5.32 Å². The molecular weight excluding hydrogens is 270 g/mol. The average molecular weight is 284 g/mol. The molecule has 0 spiro atoms. The molecule has 106 valence electrons. The largest absolute Gasteiger partial charge is 0.377 e. The molecule has 0 bridgehead atoms. The third kappa shape index (κ3) is 2.84. The van der Waals surface area contributed by atoms with Gasteiger partial charge in [0.15, 0.2) is 0 Å². The Morgan fingerprint density at radius 3 is 2.67 bits per heavy atom. The standard InChI is InChI=1S/C17H14F2N2/c1-11(15-7-6-13(18)9-16(15)19)21-14-8-12-4-2-3-5-17(12)20-10-14/h2-11,21H,1H3. The molecule has 0 saturated carbocycles. The summed E-state index contributed by atoms with van der Waals surface area (Å²) in [4.78, 5) is 4.35. The summed E-state index contributed by atoms with van der Waals surface area (Å²) in [5.74, 6) is -1.13. The first kappa shape index (κ1) is 13.5. The van der Waals surface area contributed by atoms with Crippen molar-refractivity contribution in [3.05, 3.63) is 71.9 Å². The maximum atomic E-state index is 13.8. The van der Waals surface area contributed by atoms with Crippen molar-refractivity contribution in [1.82, 2.24) is 4.98 Å². The smallest absolute Gasteiger partial charge is 0.131 e. The van der Waals surface area contributed by atoms with E-state index < -0.39 is 11.6 Å². The molecule has 0 aliphatic rings. The molecule has 21 heavy (non-hydrogen) atoms. The summed E-state index contributed by atoms with van der Waals surface area (Å²) in [6.07, 6.45) is 1.71. The van der Waals surface area contributed by atoms with Gasteiger partial charge in [0.2, 0.25) is 0 Å². The molecule has 0 aliphatic carbocycles. The molecule has 1 aromatic heterocycles. The van der Waals surface area contributed by atoms with Gasteiger partial charge in [-0.25, -0.2) is 8.78 Å². The van der Waals surface area contributed by atoms with Gasteiger partial charge in [0, 0.05) is 17.0 Å². The van der Waals surface area contributed by atoms with Crippen LogP contribution in [0.2, 0.25) is 0 Å². The van der Waals surface area contributed by atoms with Crippen molar-refractivity contribution >= 4 is 16.6 Å². The van der Waals surface area contributed by atoms with Crippen LogP contribution in [0.4, 0.5) is 14.5 Å². The quantitative estimate of drug-likeness (QED) is 0.755. The minimum absolute atomic E-state index is 0.284. The molecular formula is C17H14F2N2. The van der Waals surface area contributed by atoms with Crippen LogP contribution in [-0.2, 0) is 0 Å². The van der Waals surface area contributed by atoms with Crippen molar-refractivity contribution in [1.29, 1.82) is 0 Å². The Balaban J connectivity index is 1.87. The van der Waals surface area contributed by atoms with Gasteiger partial charge in [0.1, 0.15) is 11.6 Å². The summed E-state index contributed by atoms with van der Waals surface area (Å²) in [5, 5.41) is 4.19. The van der Waals surface area contributed by atoms with Crippen LogP contribution in [-0.4, -0.2) is 4.98 Å². The Bertz CT molecular complexity index is 787. The molecule has 3 aromatic rings. The van der Waals surface area contributed by atoms with Gasteiger partial charge >= 0.3 is 0 Å². The highest BCUT2D eigenvalue weighted by Gasteiger charge is 2.12. The molecule has 2 aromatic carbocycles. The van der Waals surface area contributed by atoms with Crippen LogP contribution in [0.3, 0.4) is 0 Å². The zero-order chi connectivity index (χ0) is 14.8. The Morgan fingerprint density at radius 1 is 1.05 bits per heavy atom. The molecule has 0 radical (unpaired) electrons. The summed E-state index contributed by atoms with van der Waals surface area (Å²) in [7, 11) is 0. The van der Waals surface area contributed by atoms with E-state index in [0.717, 1.165) is 22.7 Å². The van der Waals surface area contributed by atoms with E-state index in [9.17, 15) is 8.78 Å². The van der Waals surface area contributed by atoms with E-state index >= 15 is 0 Å². The molecule has 1 atom stereocenters. The topological polar surface area (TPSA) is 24.9 Å². The van der Waals surface area contributed by atoms with Crippen LogP contribution in [0.15, 0.2) is 54.7 Å². The number of nitrogens with one attached hydrogen (secondary N) is 1. The minimum Gasteiger partial charge on any atom is -0.377 e. The van der Waals surface area contributed by atoms with Gasteiger partial charge < -0.3 is 5.32 Å². The van der Waals surface area contributed by atoms with Crippen molar-refractivity contribution in [3.8, 4) is 0 Å². The number of pyridine rings is 1. The van der Waals surface area contributed by atoms with Crippen molar-refractivity contribution in [2.24, 2.45) is 0 Å². The maximum absolute atomic E-state index is 13.8. The number of fused-ring (bicyclic) bond motifs is 1. The van der Waals surface area contributed by atoms with Gasteiger partial charge in [0.25, 0.3) is 0 Å². The molecule has 1 heterocycles. The molecule has 0 aliphatic heterocycles. The molecule has 1 N–H and O–H groups in total. The van der Waals surface area contributed by atoms with Gasteiger partial charge in [-0.3, -0.25) is 4.98 Å². The van der Waals surface area contributed by atoms with Gasteiger partial charge in [-0.2, -0.15) is 0 Å². The minimum atomic E-state index is -0.573. The number of hydrogen-bond acceptors (Lipinski definition) is 2. The van der Waals surface area contributed by atoms with Crippen LogP contribution in [0, 0.1) is 11.6 Å². The van der Waals surface area contributed by atoms with E-state index in [0.29, 0.717) is 5.56 Å². The first-order valence-corrected chi connectivity index (χ1v) is 6.70. The highest BCUT2D eigenvalue weighted by Crippen LogP contribution is 2.23. The number of rotatable bonds is 3. The van der Waals surface area contributed by atoms with E-state index in [2.05, 4.69) is 10.3 Å². The van der Waals surface area contributed by atoms with Crippen LogP contribution in [0.5, 0.6) is 0 Å². The summed E-state index contributed by atoms with van der Waals surface area (Å²) in [6.45, 7) is 1.82. The fraction of sp³-hybridized carbons (Fsp3) is 0.118. The highest BCUT2D eigenvalue weighted by atomic mass is 19.1. The molecule has 0 amide bonds. The molecule has 3 rings (SSSR count). The van der Waals surface area contributed by atoms with E-state index in [1.54, 1.807) is 6.20 Å². The van der Waals surface area contributed by atoms with E-state index in [4.69, 9.17) is 0 Å². The zero-order valence-electron chi connectivity index (χ0n) is 11.5. The molecule has 4 heteroatoms. The first-order chi connectivity index (χ1) is 10.1. The number of hydrogen-bond donors (Lipinski definition) is 1. The lowest BCUT2D eigenvalue weighted by molar-refractivity contribution is 0.566. The van der Waals surface area contributed by atoms with Gasteiger partial charge in [0.05, 0.1) is 23.4 Å². The maximum Gasteiger partial charge on any atom is 0.131 e. The lowest BCUT2D eigenvalue weighted by Gasteiger charge is -2.16. The molecule has 1 unspecified atom stereocenters. The zero-order valence-corrected chi connectivity index (χ0v) is 11.5. The second-order valence-corrected chi connectivity index (χ2v) is 4.95. The van der Waals surface area contributed by atoms with Gasteiger partial charge in [-0.1, -0.05) is 24.3 Å². The summed E-state index contributed by atoms with van der Waals surface area (Å²) < 4.78 is 26.7. The normalized spacial score (nSPS) is 12.3. The van der Waals surface area contributed by atoms with Gasteiger partial charge in [-0.05, 0) is 25.1 Å². The predicted octanol–water partition coefficient (Wildman–Crippen LogP) is 4.69. The second-order valence-electron chi connectivity index (χ2n) is 4.95. The number of aromatic nitrogens is 1. The van der Waals surface area contributed by atoms with E-state index in [-0.39, 0.29) is 6.04 Å². The van der Waals surface area contributed by atoms with Crippen molar-refractivity contribution in [3.63, 3.8) is 0 Å². The Labute approximate surface area is 121 Å². The molecule has 0 fully saturated rings. The number of para-hydroxylation sites is 1. The SMILES string of the molecule is CC(Nc1cnc2ccccc2c1)c1ccc(F)cc1F. The first-order valence-electron chi connectivity index (χ1n) is 6.70. The molecule has 2 nitrogen and oxygen atoms in total. The van der Waals surface area contributed by atoms with Crippen molar-refractivity contribution in [2.45, 2.75) is 13.0 Å². The van der Waals surface area contributed by atoms with E-state index in [1.165, 1.54) is 12.1 Å². The Kier molecular flexibility index (Phi) is 3.52. The lowest BCUT2D eigenvalue weighted by atomic mass is 10.1. The summed E-state index contributed by atoms with van der Waals surface area (Å²) in [6, 6.07) is 13.1. The number of benzene rings is 2. The van der Waals surface area contributed by atoms with Crippen LogP contribution in [0.25, 0.3) is 10.9 Å². The van der Waals surface area contributed by atoms with Crippen LogP contribution >= 0.6 is 0 Å². The summed E-state index contributed by atoms with van der Waals surface area (Å²) in [5.41, 5.74) is 2.12. The number of anilines is 1. The highest BCUT2D eigenvalue weighted by molar-refractivity contribution is 5.81. The van der Waals surface area contributed by atoms with Crippen LogP contribution < -0.4 is 5.32 Å². The fourth-order valence-electron chi connectivity index (χ4n) is 2.33. The Morgan fingerprint density at radius 2 is 1.86 bits per heavy atom. The average Bonchev–Trinajstić information content (AvgIpc) is 2.47. The third-order valence-electron chi connectivity index (χ3n) is 3.40. The number of nitrogens with zero attached hydrogens (tertiary/aromatic N) is 1. The third-order valence-corrected chi connectivity index (χ3v) is 3.40. The fourth-order valence-corrected chi connectivity index (χ4v) is 2.33. The monoisotopic (exact) mass is 284 g/mol. The number of halogens is 2. The Hall–Kier alpha value is -2.49. The van der Waals surface area contributed by atoms with Gasteiger partial charge in [-0.15, -0.1) is 0 Å². The lowest BCUT2D eigenvalue weighted by Crippen LogP contribution is -2.09. The predicted molar refractivity (Wildman–Crippen MR) is 80.1 cm³/mol. The van der Waals surface area contributed by atoms with Crippen molar-refractivity contribution < 1.29 is 8.78 Å². The van der Waals surface area contributed by atoms with E-state index in [1.807, 2.05) is 37.3 Å². The summed E-state index contributed by atoms with van der Waals surface area (Å²) >= 11 is 0.